The molecule has 1 saturated heterocycles. The van der Waals surface area contributed by atoms with Gasteiger partial charge in [0.15, 0.2) is 0 Å². The van der Waals surface area contributed by atoms with E-state index in [0.717, 1.165) is 31.6 Å². The van der Waals surface area contributed by atoms with Gasteiger partial charge in [-0.15, -0.1) is 0 Å². The average Bonchev–Trinajstić information content (AvgIpc) is 3.34. The lowest BCUT2D eigenvalue weighted by Gasteiger charge is -2.41. The zero-order valence-corrected chi connectivity index (χ0v) is 15.7. The van der Waals surface area contributed by atoms with E-state index in [2.05, 4.69) is 60.9 Å². The van der Waals surface area contributed by atoms with Gasteiger partial charge in [-0.25, -0.2) is 0 Å². The summed E-state index contributed by atoms with van der Waals surface area (Å²) in [5.74, 6) is 0.764. The van der Waals surface area contributed by atoms with Crippen LogP contribution in [0.4, 0.5) is 0 Å². The zero-order valence-electron chi connectivity index (χ0n) is 15.7. The van der Waals surface area contributed by atoms with Crippen molar-refractivity contribution in [1.82, 2.24) is 9.80 Å². The fourth-order valence-corrected chi connectivity index (χ4v) is 4.37. The maximum Gasteiger partial charge on any atom is 0.0476 e. The normalized spacial score (nSPS) is 28.2. The van der Waals surface area contributed by atoms with Crippen molar-refractivity contribution in [3.8, 4) is 0 Å². The maximum atomic E-state index is 6.39. The number of hydrogen-bond acceptors (Lipinski definition) is 3. The number of rotatable bonds is 8. The molecule has 1 saturated carbocycles. The highest BCUT2D eigenvalue weighted by Crippen LogP contribution is 2.40. The molecule has 0 radical (unpaired) electrons. The fourth-order valence-electron chi connectivity index (χ4n) is 4.37. The zero-order chi connectivity index (χ0) is 17.2. The van der Waals surface area contributed by atoms with Crippen LogP contribution in [0.5, 0.6) is 0 Å². The van der Waals surface area contributed by atoms with Crippen LogP contribution in [0.25, 0.3) is 0 Å². The van der Waals surface area contributed by atoms with E-state index in [0.29, 0.717) is 6.04 Å². The summed E-state index contributed by atoms with van der Waals surface area (Å²) in [6.07, 6.45) is 5.23. The van der Waals surface area contributed by atoms with Crippen LogP contribution in [0.1, 0.15) is 52.0 Å². The van der Waals surface area contributed by atoms with E-state index in [1.54, 1.807) is 0 Å². The van der Waals surface area contributed by atoms with Crippen LogP contribution in [-0.2, 0) is 6.54 Å². The molecular weight excluding hydrogens is 294 g/mol. The standard InChI is InChI=1S/C21H35N3/c1-17(2)11-12-24(20-9-10-20)21(15-22)13-18(3)23(16-21)14-19-7-5-4-6-8-19/h4-8,17-18,20H,9-16,22H2,1-3H3. The minimum Gasteiger partial charge on any atom is -0.329 e. The highest BCUT2D eigenvalue weighted by Gasteiger charge is 2.49. The van der Waals surface area contributed by atoms with E-state index in [9.17, 15) is 0 Å². The van der Waals surface area contributed by atoms with Gasteiger partial charge in [0.1, 0.15) is 0 Å². The van der Waals surface area contributed by atoms with E-state index in [-0.39, 0.29) is 5.54 Å². The molecule has 2 atom stereocenters. The van der Waals surface area contributed by atoms with Crippen molar-refractivity contribution >= 4 is 0 Å². The van der Waals surface area contributed by atoms with Gasteiger partial charge >= 0.3 is 0 Å². The summed E-state index contributed by atoms with van der Waals surface area (Å²) in [6.45, 7) is 11.2. The Morgan fingerprint density at radius 1 is 1.25 bits per heavy atom. The summed E-state index contributed by atoms with van der Waals surface area (Å²) in [5.41, 5.74) is 7.99. The van der Waals surface area contributed by atoms with Gasteiger partial charge in [0.05, 0.1) is 0 Å². The molecule has 2 N–H and O–H groups in total. The summed E-state index contributed by atoms with van der Waals surface area (Å²) < 4.78 is 0. The van der Waals surface area contributed by atoms with Crippen molar-refractivity contribution in [2.75, 3.05) is 19.6 Å². The van der Waals surface area contributed by atoms with Crippen LogP contribution < -0.4 is 5.73 Å². The second-order valence-electron chi connectivity index (χ2n) is 8.48. The third-order valence-corrected chi connectivity index (χ3v) is 5.95. The first-order valence-electron chi connectivity index (χ1n) is 9.79. The molecule has 3 nitrogen and oxygen atoms in total. The Morgan fingerprint density at radius 2 is 1.96 bits per heavy atom. The molecule has 2 fully saturated rings. The van der Waals surface area contributed by atoms with Crippen LogP contribution in [0.3, 0.4) is 0 Å². The number of benzene rings is 1. The summed E-state index contributed by atoms with van der Waals surface area (Å²) in [6, 6.07) is 12.3. The molecular formula is C21H35N3. The summed E-state index contributed by atoms with van der Waals surface area (Å²) in [4.78, 5) is 5.45. The van der Waals surface area contributed by atoms with Gasteiger partial charge in [0.2, 0.25) is 0 Å². The number of nitrogens with zero attached hydrogens (tertiary/aromatic N) is 2. The average molecular weight is 330 g/mol. The molecule has 0 bridgehead atoms. The molecule has 0 aromatic heterocycles. The molecule has 134 valence electrons. The first-order chi connectivity index (χ1) is 11.5. The molecule has 2 unspecified atom stereocenters. The summed E-state index contributed by atoms with van der Waals surface area (Å²) in [5, 5.41) is 0. The monoisotopic (exact) mass is 329 g/mol. The number of nitrogens with two attached hydrogens (primary N) is 1. The lowest BCUT2D eigenvalue weighted by Crippen LogP contribution is -2.57. The van der Waals surface area contributed by atoms with Crippen molar-refractivity contribution in [1.29, 1.82) is 0 Å². The Morgan fingerprint density at radius 3 is 2.54 bits per heavy atom. The van der Waals surface area contributed by atoms with Crippen LogP contribution in [0.2, 0.25) is 0 Å². The van der Waals surface area contributed by atoms with Crippen LogP contribution in [0, 0.1) is 5.92 Å². The lowest BCUT2D eigenvalue weighted by atomic mass is 9.92. The quantitative estimate of drug-likeness (QED) is 0.792. The van der Waals surface area contributed by atoms with Gasteiger partial charge in [-0.1, -0.05) is 44.2 Å². The van der Waals surface area contributed by atoms with Gasteiger partial charge in [-0.2, -0.15) is 0 Å². The molecule has 1 aromatic carbocycles. The Hall–Kier alpha value is -0.900. The first kappa shape index (κ1) is 17.9. The van der Waals surface area contributed by atoms with E-state index >= 15 is 0 Å². The third kappa shape index (κ3) is 4.01. The molecule has 24 heavy (non-hydrogen) atoms. The van der Waals surface area contributed by atoms with Gasteiger partial charge < -0.3 is 5.73 Å². The van der Waals surface area contributed by atoms with Gasteiger partial charge in [0.25, 0.3) is 0 Å². The van der Waals surface area contributed by atoms with Gasteiger partial charge in [0, 0.05) is 37.3 Å². The van der Waals surface area contributed by atoms with Crippen LogP contribution >= 0.6 is 0 Å². The Labute approximate surface area is 148 Å². The predicted octanol–water partition coefficient (Wildman–Crippen LogP) is 3.49. The molecule has 1 aliphatic heterocycles. The first-order valence-corrected chi connectivity index (χ1v) is 9.79. The second-order valence-corrected chi connectivity index (χ2v) is 8.48. The molecule has 0 spiro atoms. The minimum absolute atomic E-state index is 0.185. The second kappa shape index (κ2) is 7.55. The Kier molecular flexibility index (Phi) is 5.63. The fraction of sp³-hybridized carbons (Fsp3) is 0.714. The number of likely N-dealkylation sites (tertiary alicyclic amines) is 1. The highest BCUT2D eigenvalue weighted by atomic mass is 15.3. The van der Waals surface area contributed by atoms with E-state index < -0.39 is 0 Å². The summed E-state index contributed by atoms with van der Waals surface area (Å²) >= 11 is 0. The van der Waals surface area contributed by atoms with Gasteiger partial charge in [-0.3, -0.25) is 9.80 Å². The minimum atomic E-state index is 0.185. The van der Waals surface area contributed by atoms with Crippen molar-refractivity contribution in [3.05, 3.63) is 35.9 Å². The topological polar surface area (TPSA) is 32.5 Å². The Balaban J connectivity index is 1.72. The van der Waals surface area contributed by atoms with Crippen LogP contribution in [-0.4, -0.2) is 47.1 Å². The van der Waals surface area contributed by atoms with Crippen molar-refractivity contribution in [3.63, 3.8) is 0 Å². The largest absolute Gasteiger partial charge is 0.329 e. The lowest BCUT2D eigenvalue weighted by molar-refractivity contribution is 0.0833. The molecule has 3 rings (SSSR count). The molecule has 1 heterocycles. The smallest absolute Gasteiger partial charge is 0.0476 e. The molecule has 1 aliphatic carbocycles. The van der Waals surface area contributed by atoms with Crippen molar-refractivity contribution in [2.24, 2.45) is 11.7 Å². The highest BCUT2D eigenvalue weighted by molar-refractivity contribution is 5.16. The third-order valence-electron chi connectivity index (χ3n) is 5.95. The van der Waals surface area contributed by atoms with E-state index in [1.807, 2.05) is 0 Å². The Bertz CT molecular complexity index is 511. The van der Waals surface area contributed by atoms with Crippen molar-refractivity contribution < 1.29 is 0 Å². The molecule has 3 heteroatoms. The van der Waals surface area contributed by atoms with Crippen LogP contribution in [0.15, 0.2) is 30.3 Å². The SMILES string of the molecule is CC(C)CCN(C1CC1)C1(CN)CC(C)N(Cc2ccccc2)C1. The molecule has 2 aliphatic rings. The van der Waals surface area contributed by atoms with E-state index in [4.69, 9.17) is 5.73 Å². The van der Waals surface area contributed by atoms with Gasteiger partial charge in [-0.05, 0) is 50.6 Å². The van der Waals surface area contributed by atoms with E-state index in [1.165, 1.54) is 37.8 Å². The molecule has 1 aromatic rings. The summed E-state index contributed by atoms with van der Waals surface area (Å²) in [7, 11) is 0. The number of hydrogen-bond donors (Lipinski definition) is 1. The maximum absolute atomic E-state index is 6.39. The predicted molar refractivity (Wildman–Crippen MR) is 102 cm³/mol. The molecule has 0 amide bonds. The van der Waals surface area contributed by atoms with Crippen molar-refractivity contribution in [2.45, 2.75) is 70.6 Å².